The van der Waals surface area contributed by atoms with Crippen molar-refractivity contribution in [2.45, 2.75) is 13.8 Å². The number of carbonyl (C=O) groups is 1. The minimum absolute atomic E-state index is 0.224. The number of phenols is 1. The minimum Gasteiger partial charge on any atom is -0.508 e. The van der Waals surface area contributed by atoms with Crippen LogP contribution in [0.25, 0.3) is 11.4 Å². The SMILES string of the molecule is Cc1cc(C=NNC(=O)c2cnc(-c3ccccc3C)[nH]2)ccc1O. The number of phenolic OH excluding ortho intramolecular Hbond substituents is 1. The van der Waals surface area contributed by atoms with Gasteiger partial charge in [-0.2, -0.15) is 5.10 Å². The van der Waals surface area contributed by atoms with E-state index in [-0.39, 0.29) is 11.7 Å². The van der Waals surface area contributed by atoms with Crippen LogP contribution in [0.15, 0.2) is 53.8 Å². The maximum absolute atomic E-state index is 12.1. The highest BCUT2D eigenvalue weighted by molar-refractivity contribution is 5.93. The minimum atomic E-state index is -0.376. The van der Waals surface area contributed by atoms with Crippen molar-refractivity contribution >= 4 is 12.1 Å². The summed E-state index contributed by atoms with van der Waals surface area (Å²) in [6.45, 7) is 3.78. The van der Waals surface area contributed by atoms with E-state index in [4.69, 9.17) is 0 Å². The number of hydrogen-bond donors (Lipinski definition) is 3. The summed E-state index contributed by atoms with van der Waals surface area (Å²) in [6, 6.07) is 12.9. The van der Waals surface area contributed by atoms with Gasteiger partial charge in [-0.25, -0.2) is 10.4 Å². The molecule has 6 nitrogen and oxygen atoms in total. The Balaban J connectivity index is 1.69. The Kier molecular flexibility index (Phi) is 4.61. The standard InChI is InChI=1S/C19H18N4O2/c1-12-5-3-4-6-15(12)18-20-11-16(22-18)19(25)23-21-10-14-7-8-17(24)13(2)9-14/h3-11,24H,1-2H3,(H,20,22)(H,23,25). The molecule has 0 atom stereocenters. The number of carbonyl (C=O) groups excluding carboxylic acids is 1. The molecule has 1 amide bonds. The molecule has 0 aliphatic heterocycles. The van der Waals surface area contributed by atoms with Crippen molar-refractivity contribution in [3.63, 3.8) is 0 Å². The number of amides is 1. The molecule has 0 aliphatic carbocycles. The predicted octanol–water partition coefficient (Wildman–Crippen LogP) is 3.16. The Bertz CT molecular complexity index is 944. The second-order valence-electron chi connectivity index (χ2n) is 5.71. The summed E-state index contributed by atoms with van der Waals surface area (Å²) in [5.41, 5.74) is 6.33. The number of aromatic amines is 1. The molecule has 1 aromatic heterocycles. The maximum atomic E-state index is 12.1. The zero-order valence-electron chi connectivity index (χ0n) is 13.9. The third-order valence-electron chi connectivity index (χ3n) is 3.82. The Hall–Kier alpha value is -3.41. The first-order valence-electron chi connectivity index (χ1n) is 7.78. The van der Waals surface area contributed by atoms with Gasteiger partial charge in [0.05, 0.1) is 12.4 Å². The van der Waals surface area contributed by atoms with E-state index in [0.717, 1.165) is 22.3 Å². The maximum Gasteiger partial charge on any atom is 0.289 e. The first kappa shape index (κ1) is 16.4. The number of hydrazone groups is 1. The van der Waals surface area contributed by atoms with Gasteiger partial charge in [0.2, 0.25) is 0 Å². The monoisotopic (exact) mass is 334 g/mol. The summed E-state index contributed by atoms with van der Waals surface area (Å²) in [4.78, 5) is 19.4. The van der Waals surface area contributed by atoms with Gasteiger partial charge in [-0.15, -0.1) is 0 Å². The number of imidazole rings is 1. The second kappa shape index (κ2) is 7.00. The fourth-order valence-electron chi connectivity index (χ4n) is 2.40. The Morgan fingerprint density at radius 3 is 2.76 bits per heavy atom. The van der Waals surface area contributed by atoms with Gasteiger partial charge in [-0.3, -0.25) is 4.79 Å². The van der Waals surface area contributed by atoms with E-state index >= 15 is 0 Å². The molecular formula is C19H18N4O2. The summed E-state index contributed by atoms with van der Waals surface area (Å²) in [5.74, 6) is 0.489. The van der Waals surface area contributed by atoms with Crippen molar-refractivity contribution in [3.05, 3.63) is 71.0 Å². The van der Waals surface area contributed by atoms with E-state index in [0.29, 0.717) is 11.5 Å². The summed E-state index contributed by atoms with van der Waals surface area (Å²) in [7, 11) is 0. The summed E-state index contributed by atoms with van der Waals surface area (Å²) >= 11 is 0. The molecule has 0 saturated carbocycles. The van der Waals surface area contributed by atoms with E-state index in [1.165, 1.54) is 12.4 Å². The molecule has 1 heterocycles. The third-order valence-corrected chi connectivity index (χ3v) is 3.82. The molecular weight excluding hydrogens is 316 g/mol. The molecule has 0 aliphatic rings. The van der Waals surface area contributed by atoms with Gasteiger partial charge in [0.15, 0.2) is 0 Å². The molecule has 6 heteroatoms. The van der Waals surface area contributed by atoms with Crippen molar-refractivity contribution in [1.82, 2.24) is 15.4 Å². The third kappa shape index (κ3) is 3.74. The van der Waals surface area contributed by atoms with Crippen LogP contribution >= 0.6 is 0 Å². The van der Waals surface area contributed by atoms with Crippen molar-refractivity contribution in [1.29, 1.82) is 0 Å². The summed E-state index contributed by atoms with van der Waals surface area (Å²) in [5, 5.41) is 13.4. The van der Waals surface area contributed by atoms with Crippen molar-refractivity contribution in [3.8, 4) is 17.1 Å². The fraction of sp³-hybridized carbons (Fsp3) is 0.105. The molecule has 3 aromatic rings. The van der Waals surface area contributed by atoms with Gasteiger partial charge in [0.1, 0.15) is 17.3 Å². The van der Waals surface area contributed by atoms with Gasteiger partial charge in [0, 0.05) is 5.56 Å². The number of hydrogen-bond acceptors (Lipinski definition) is 4. The Labute approximate surface area is 145 Å². The Morgan fingerprint density at radius 1 is 1.20 bits per heavy atom. The number of rotatable bonds is 4. The molecule has 0 unspecified atom stereocenters. The lowest BCUT2D eigenvalue weighted by molar-refractivity contribution is 0.0950. The van der Waals surface area contributed by atoms with E-state index < -0.39 is 0 Å². The molecule has 25 heavy (non-hydrogen) atoms. The summed E-state index contributed by atoms with van der Waals surface area (Å²) < 4.78 is 0. The quantitative estimate of drug-likeness (QED) is 0.505. The van der Waals surface area contributed by atoms with E-state index in [1.807, 2.05) is 31.2 Å². The number of nitrogens with zero attached hydrogens (tertiary/aromatic N) is 2. The lowest BCUT2D eigenvalue weighted by Crippen LogP contribution is -2.18. The molecule has 0 bridgehead atoms. The van der Waals surface area contributed by atoms with E-state index in [2.05, 4.69) is 20.5 Å². The number of aromatic nitrogens is 2. The number of benzene rings is 2. The molecule has 126 valence electrons. The topological polar surface area (TPSA) is 90.4 Å². The number of H-pyrrole nitrogens is 1. The largest absolute Gasteiger partial charge is 0.508 e. The Morgan fingerprint density at radius 2 is 2.00 bits per heavy atom. The zero-order chi connectivity index (χ0) is 17.8. The molecule has 2 aromatic carbocycles. The van der Waals surface area contributed by atoms with Crippen LogP contribution in [0.5, 0.6) is 5.75 Å². The van der Waals surface area contributed by atoms with Gasteiger partial charge in [-0.1, -0.05) is 24.3 Å². The highest BCUT2D eigenvalue weighted by atomic mass is 16.3. The molecule has 3 rings (SSSR count). The van der Waals surface area contributed by atoms with Gasteiger partial charge < -0.3 is 10.1 Å². The average molecular weight is 334 g/mol. The van der Waals surface area contributed by atoms with Crippen LogP contribution < -0.4 is 5.43 Å². The van der Waals surface area contributed by atoms with Crippen molar-refractivity contribution in [2.24, 2.45) is 5.10 Å². The number of nitrogens with one attached hydrogen (secondary N) is 2. The number of aryl methyl sites for hydroxylation is 2. The first-order valence-corrected chi connectivity index (χ1v) is 7.78. The van der Waals surface area contributed by atoms with Gasteiger partial charge in [-0.05, 0) is 48.7 Å². The van der Waals surface area contributed by atoms with Crippen LogP contribution in [-0.2, 0) is 0 Å². The number of aromatic hydroxyl groups is 1. The van der Waals surface area contributed by atoms with Crippen molar-refractivity contribution in [2.75, 3.05) is 0 Å². The van der Waals surface area contributed by atoms with Crippen LogP contribution in [0.4, 0.5) is 0 Å². The fourth-order valence-corrected chi connectivity index (χ4v) is 2.40. The van der Waals surface area contributed by atoms with Crippen LogP contribution in [0.2, 0.25) is 0 Å². The lowest BCUT2D eigenvalue weighted by atomic mass is 10.1. The lowest BCUT2D eigenvalue weighted by Gasteiger charge is -2.01. The molecule has 0 fully saturated rings. The van der Waals surface area contributed by atoms with Crippen LogP contribution in [0, 0.1) is 13.8 Å². The van der Waals surface area contributed by atoms with Crippen LogP contribution in [-0.4, -0.2) is 27.2 Å². The second-order valence-corrected chi connectivity index (χ2v) is 5.71. The molecule has 0 spiro atoms. The summed E-state index contributed by atoms with van der Waals surface area (Å²) in [6.07, 6.45) is 3.00. The smallest absolute Gasteiger partial charge is 0.289 e. The predicted molar refractivity (Wildman–Crippen MR) is 96.7 cm³/mol. The highest BCUT2D eigenvalue weighted by Gasteiger charge is 2.11. The van der Waals surface area contributed by atoms with E-state index in [9.17, 15) is 9.90 Å². The highest BCUT2D eigenvalue weighted by Crippen LogP contribution is 2.19. The molecule has 0 radical (unpaired) electrons. The average Bonchev–Trinajstić information content (AvgIpc) is 3.08. The van der Waals surface area contributed by atoms with Gasteiger partial charge in [0.25, 0.3) is 5.91 Å². The van der Waals surface area contributed by atoms with Gasteiger partial charge >= 0.3 is 0 Å². The zero-order valence-corrected chi connectivity index (χ0v) is 13.9. The normalized spacial score (nSPS) is 11.0. The van der Waals surface area contributed by atoms with Crippen LogP contribution in [0.3, 0.4) is 0 Å². The van der Waals surface area contributed by atoms with Crippen molar-refractivity contribution < 1.29 is 9.90 Å². The molecule has 3 N–H and O–H groups in total. The first-order chi connectivity index (χ1) is 12.0. The van der Waals surface area contributed by atoms with Crippen LogP contribution in [0.1, 0.15) is 27.2 Å². The van der Waals surface area contributed by atoms with E-state index in [1.54, 1.807) is 25.1 Å². The molecule has 0 saturated heterocycles.